The lowest BCUT2D eigenvalue weighted by atomic mass is 10.2. The number of carbonyl (C=O) groups excluding carboxylic acids is 1. The maximum absolute atomic E-state index is 12.2. The van der Waals surface area contributed by atoms with E-state index >= 15 is 0 Å². The molecular weight excluding hydrogens is 268 g/mol. The summed E-state index contributed by atoms with van der Waals surface area (Å²) in [5, 5.41) is 8.68. The average Bonchev–Trinajstić information content (AvgIpc) is 3.33. The number of hydrogen-bond donors (Lipinski definition) is 1. The first-order chi connectivity index (χ1) is 10.2. The zero-order valence-corrected chi connectivity index (χ0v) is 12.2. The highest BCUT2D eigenvalue weighted by atomic mass is 16.5. The highest BCUT2D eigenvalue weighted by Gasteiger charge is 2.21. The summed E-state index contributed by atoms with van der Waals surface area (Å²) >= 11 is 0. The molecule has 0 aromatic carbocycles. The zero-order chi connectivity index (χ0) is 15.1. The van der Waals surface area contributed by atoms with Gasteiger partial charge in [0.2, 0.25) is 0 Å². The average molecular weight is 288 g/mol. The molecule has 0 atom stereocenters. The number of hydrogen-bond acceptors (Lipinski definition) is 4. The Balaban J connectivity index is 1.85. The van der Waals surface area contributed by atoms with Crippen molar-refractivity contribution < 1.29 is 14.6 Å². The van der Waals surface area contributed by atoms with Gasteiger partial charge in [0.25, 0.3) is 5.91 Å². The van der Waals surface area contributed by atoms with Gasteiger partial charge < -0.3 is 14.7 Å². The second-order valence-corrected chi connectivity index (χ2v) is 5.17. The van der Waals surface area contributed by atoms with E-state index in [1.807, 2.05) is 0 Å². The summed E-state index contributed by atoms with van der Waals surface area (Å²) < 4.78 is 5.53. The Morgan fingerprint density at radius 2 is 2.33 bits per heavy atom. The van der Waals surface area contributed by atoms with Gasteiger partial charge in [0.1, 0.15) is 6.61 Å². The van der Waals surface area contributed by atoms with Gasteiger partial charge in [-0.15, -0.1) is 0 Å². The van der Waals surface area contributed by atoms with Gasteiger partial charge in [-0.05, 0) is 24.8 Å². The second-order valence-electron chi connectivity index (χ2n) is 5.17. The Labute approximate surface area is 124 Å². The van der Waals surface area contributed by atoms with Gasteiger partial charge in [0, 0.05) is 38.2 Å². The van der Waals surface area contributed by atoms with Crippen LogP contribution in [-0.4, -0.2) is 54.3 Å². The van der Waals surface area contributed by atoms with Gasteiger partial charge in [-0.2, -0.15) is 0 Å². The number of rotatable bonds is 6. The molecule has 1 fully saturated rings. The van der Waals surface area contributed by atoms with Crippen LogP contribution >= 0.6 is 0 Å². The topological polar surface area (TPSA) is 62.7 Å². The quantitative estimate of drug-likeness (QED) is 0.624. The molecular formula is C16H20N2O3. The molecule has 0 bridgehead atoms. The maximum Gasteiger partial charge on any atom is 0.255 e. The molecule has 0 saturated heterocycles. The molecule has 1 saturated carbocycles. The van der Waals surface area contributed by atoms with E-state index in [2.05, 4.69) is 16.8 Å². The molecule has 2 rings (SSSR count). The van der Waals surface area contributed by atoms with Crippen LogP contribution in [0.2, 0.25) is 0 Å². The van der Waals surface area contributed by atoms with Crippen LogP contribution in [0.5, 0.6) is 0 Å². The van der Waals surface area contributed by atoms with E-state index in [-0.39, 0.29) is 12.5 Å². The number of aliphatic hydroxyl groups is 1. The van der Waals surface area contributed by atoms with Crippen molar-refractivity contribution in [2.75, 3.05) is 33.4 Å². The Bertz CT molecular complexity index is 544. The highest BCUT2D eigenvalue weighted by Crippen LogP contribution is 2.28. The first kappa shape index (κ1) is 15.5. The Hall–Kier alpha value is -1.90. The van der Waals surface area contributed by atoms with Crippen molar-refractivity contribution in [3.63, 3.8) is 0 Å². The Morgan fingerprint density at radius 1 is 1.52 bits per heavy atom. The minimum atomic E-state index is -0.212. The van der Waals surface area contributed by atoms with Crippen LogP contribution < -0.4 is 0 Å². The van der Waals surface area contributed by atoms with E-state index in [0.29, 0.717) is 24.3 Å². The van der Waals surface area contributed by atoms with Crippen molar-refractivity contribution in [2.45, 2.75) is 12.8 Å². The lowest BCUT2D eigenvalue weighted by molar-refractivity contribution is 0.0680. The van der Waals surface area contributed by atoms with Crippen LogP contribution in [0.3, 0.4) is 0 Å². The number of amides is 1. The second kappa shape index (κ2) is 7.77. The smallest absolute Gasteiger partial charge is 0.255 e. The molecule has 1 N–H and O–H groups in total. The van der Waals surface area contributed by atoms with Gasteiger partial charge in [0.05, 0.1) is 12.2 Å². The van der Waals surface area contributed by atoms with Crippen molar-refractivity contribution in [3.05, 3.63) is 29.6 Å². The molecule has 112 valence electrons. The molecule has 1 aliphatic rings. The number of aliphatic hydroxyl groups excluding tert-OH is 1. The summed E-state index contributed by atoms with van der Waals surface area (Å²) in [4.78, 5) is 17.9. The monoisotopic (exact) mass is 288 g/mol. The molecule has 1 aliphatic carbocycles. The third kappa shape index (κ3) is 5.18. The van der Waals surface area contributed by atoms with Crippen molar-refractivity contribution >= 4 is 5.91 Å². The number of aromatic nitrogens is 1. The van der Waals surface area contributed by atoms with Gasteiger partial charge in [0.15, 0.2) is 0 Å². The summed E-state index contributed by atoms with van der Waals surface area (Å²) in [6.07, 6.45) is 5.62. The number of nitrogens with zero attached hydrogens (tertiary/aromatic N) is 2. The third-order valence-corrected chi connectivity index (χ3v) is 3.27. The predicted octanol–water partition coefficient (Wildman–Crippen LogP) is 0.924. The van der Waals surface area contributed by atoms with E-state index in [1.165, 1.54) is 19.0 Å². The Kier molecular flexibility index (Phi) is 5.73. The number of carbonyl (C=O) groups is 1. The van der Waals surface area contributed by atoms with Gasteiger partial charge in [-0.1, -0.05) is 11.8 Å². The van der Waals surface area contributed by atoms with Crippen LogP contribution in [0.15, 0.2) is 18.5 Å². The summed E-state index contributed by atoms with van der Waals surface area (Å²) in [6.45, 7) is 1.69. The molecule has 5 nitrogen and oxygen atoms in total. The minimum absolute atomic E-state index is 0.106. The molecule has 0 radical (unpaired) electrons. The molecule has 1 heterocycles. The normalized spacial score (nSPS) is 13.4. The van der Waals surface area contributed by atoms with Crippen molar-refractivity contribution in [1.29, 1.82) is 0 Å². The summed E-state index contributed by atoms with van der Waals surface area (Å²) in [5.41, 5.74) is 1.11. The van der Waals surface area contributed by atoms with Crippen LogP contribution in [0.1, 0.15) is 28.8 Å². The van der Waals surface area contributed by atoms with Gasteiger partial charge in [-0.3, -0.25) is 9.78 Å². The SMILES string of the molecule is CN(CCOCC1CC1)C(=O)c1cncc(C#CCO)c1. The lowest BCUT2D eigenvalue weighted by Crippen LogP contribution is -2.30. The predicted molar refractivity (Wildman–Crippen MR) is 78.7 cm³/mol. The fourth-order valence-electron chi connectivity index (χ4n) is 1.82. The fraction of sp³-hybridized carbons (Fsp3) is 0.500. The van der Waals surface area contributed by atoms with Crippen molar-refractivity contribution in [2.24, 2.45) is 5.92 Å². The van der Waals surface area contributed by atoms with E-state index in [4.69, 9.17) is 9.84 Å². The van der Waals surface area contributed by atoms with E-state index in [0.717, 1.165) is 12.5 Å². The number of likely N-dealkylation sites (N-methyl/N-ethyl adjacent to an activating group) is 1. The van der Waals surface area contributed by atoms with Crippen LogP contribution in [-0.2, 0) is 4.74 Å². The van der Waals surface area contributed by atoms with Crippen LogP contribution in [0, 0.1) is 17.8 Å². The Morgan fingerprint density at radius 3 is 3.05 bits per heavy atom. The summed E-state index contributed by atoms with van der Waals surface area (Å²) in [6, 6.07) is 1.68. The molecule has 1 aromatic rings. The molecule has 5 heteroatoms. The first-order valence-electron chi connectivity index (χ1n) is 7.08. The number of pyridine rings is 1. The molecule has 0 spiro atoms. The van der Waals surface area contributed by atoms with Gasteiger partial charge in [-0.25, -0.2) is 0 Å². The zero-order valence-electron chi connectivity index (χ0n) is 12.2. The third-order valence-electron chi connectivity index (χ3n) is 3.27. The molecule has 1 aromatic heterocycles. The minimum Gasteiger partial charge on any atom is -0.384 e. The largest absolute Gasteiger partial charge is 0.384 e. The summed E-state index contributed by atoms with van der Waals surface area (Å²) in [7, 11) is 1.74. The fourth-order valence-corrected chi connectivity index (χ4v) is 1.82. The molecule has 1 amide bonds. The van der Waals surface area contributed by atoms with Crippen molar-refractivity contribution in [3.8, 4) is 11.8 Å². The van der Waals surface area contributed by atoms with Crippen LogP contribution in [0.4, 0.5) is 0 Å². The standard InChI is InChI=1S/C16H20N2O3/c1-18(6-8-21-12-13-4-5-13)16(20)15-9-14(3-2-7-19)10-17-11-15/h9-11,13,19H,4-8,12H2,1H3. The highest BCUT2D eigenvalue weighted by molar-refractivity contribution is 5.94. The summed E-state index contributed by atoms with van der Waals surface area (Å²) in [5.74, 6) is 5.91. The van der Waals surface area contributed by atoms with Crippen molar-refractivity contribution in [1.82, 2.24) is 9.88 Å². The molecule has 0 aliphatic heterocycles. The molecule has 0 unspecified atom stereocenters. The van der Waals surface area contributed by atoms with E-state index in [1.54, 1.807) is 24.2 Å². The van der Waals surface area contributed by atoms with E-state index < -0.39 is 0 Å². The molecule has 21 heavy (non-hydrogen) atoms. The number of ether oxygens (including phenoxy) is 1. The van der Waals surface area contributed by atoms with Gasteiger partial charge >= 0.3 is 0 Å². The van der Waals surface area contributed by atoms with E-state index in [9.17, 15) is 4.79 Å². The lowest BCUT2D eigenvalue weighted by Gasteiger charge is -2.17. The first-order valence-corrected chi connectivity index (χ1v) is 7.08. The van der Waals surface area contributed by atoms with Crippen LogP contribution in [0.25, 0.3) is 0 Å². The maximum atomic E-state index is 12.2.